The maximum absolute atomic E-state index is 13.0. The van der Waals surface area contributed by atoms with Gasteiger partial charge in [-0.1, -0.05) is 43.3 Å². The van der Waals surface area contributed by atoms with E-state index in [9.17, 15) is 9.18 Å². The van der Waals surface area contributed by atoms with Gasteiger partial charge in [0.2, 0.25) is 5.91 Å². The first-order valence-corrected chi connectivity index (χ1v) is 8.25. The molecule has 128 valence electrons. The third-order valence-corrected chi connectivity index (χ3v) is 4.22. The second-order valence-corrected chi connectivity index (χ2v) is 6.11. The minimum atomic E-state index is -0.261. The lowest BCUT2D eigenvalue weighted by atomic mass is 10.1. The zero-order valence-electron chi connectivity index (χ0n) is 14.6. The Bertz CT molecular complexity index is 670. The van der Waals surface area contributed by atoms with E-state index in [1.807, 2.05) is 12.1 Å². The number of amides is 1. The third-order valence-electron chi connectivity index (χ3n) is 4.22. The number of nitrogens with zero attached hydrogens (tertiary/aromatic N) is 2. The number of benzene rings is 2. The highest BCUT2D eigenvalue weighted by atomic mass is 19.1. The number of hydrogen-bond acceptors (Lipinski definition) is 2. The summed E-state index contributed by atoms with van der Waals surface area (Å²) in [5.41, 5.74) is 3.41. The van der Waals surface area contributed by atoms with E-state index < -0.39 is 0 Å². The van der Waals surface area contributed by atoms with Crippen molar-refractivity contribution in [3.8, 4) is 0 Å². The van der Waals surface area contributed by atoms with Gasteiger partial charge in [-0.25, -0.2) is 4.39 Å². The summed E-state index contributed by atoms with van der Waals surface area (Å²) in [7, 11) is 1.79. The van der Waals surface area contributed by atoms with Crippen LogP contribution in [0.15, 0.2) is 48.5 Å². The average Bonchev–Trinajstić information content (AvgIpc) is 2.58. The summed E-state index contributed by atoms with van der Waals surface area (Å²) in [6, 6.07) is 14.5. The molecule has 1 amide bonds. The van der Waals surface area contributed by atoms with Crippen molar-refractivity contribution in [3.05, 3.63) is 71.0 Å². The Kier molecular flexibility index (Phi) is 6.50. The number of hydrogen-bond donors (Lipinski definition) is 0. The summed E-state index contributed by atoms with van der Waals surface area (Å²) in [5, 5.41) is 0. The molecule has 0 saturated carbocycles. The van der Waals surface area contributed by atoms with Crippen LogP contribution in [-0.4, -0.2) is 35.8 Å². The van der Waals surface area contributed by atoms with Crippen molar-refractivity contribution >= 4 is 5.91 Å². The molecule has 0 spiro atoms. The van der Waals surface area contributed by atoms with Crippen LogP contribution in [0.3, 0.4) is 0 Å². The molecule has 24 heavy (non-hydrogen) atoms. The first-order chi connectivity index (χ1) is 11.5. The van der Waals surface area contributed by atoms with Gasteiger partial charge in [0.05, 0.1) is 6.54 Å². The van der Waals surface area contributed by atoms with Crippen LogP contribution >= 0.6 is 0 Å². The van der Waals surface area contributed by atoms with Crippen molar-refractivity contribution in [2.45, 2.75) is 26.9 Å². The summed E-state index contributed by atoms with van der Waals surface area (Å²) < 4.78 is 13.0. The van der Waals surface area contributed by atoms with E-state index in [2.05, 4.69) is 30.9 Å². The maximum atomic E-state index is 13.0. The highest BCUT2D eigenvalue weighted by Gasteiger charge is 2.14. The third kappa shape index (κ3) is 5.17. The molecule has 4 heteroatoms. The van der Waals surface area contributed by atoms with Crippen molar-refractivity contribution < 1.29 is 9.18 Å². The predicted molar refractivity (Wildman–Crippen MR) is 95.0 cm³/mol. The molecule has 0 aliphatic rings. The van der Waals surface area contributed by atoms with Gasteiger partial charge in [-0.05, 0) is 42.3 Å². The first-order valence-electron chi connectivity index (χ1n) is 8.25. The lowest BCUT2D eigenvalue weighted by Gasteiger charge is -2.24. The maximum Gasteiger partial charge on any atom is 0.236 e. The van der Waals surface area contributed by atoms with Crippen LogP contribution in [0.2, 0.25) is 0 Å². The van der Waals surface area contributed by atoms with E-state index in [4.69, 9.17) is 0 Å². The van der Waals surface area contributed by atoms with Crippen LogP contribution in [0, 0.1) is 12.7 Å². The highest BCUT2D eigenvalue weighted by molar-refractivity contribution is 5.78. The quantitative estimate of drug-likeness (QED) is 0.775. The van der Waals surface area contributed by atoms with Crippen LogP contribution < -0.4 is 0 Å². The van der Waals surface area contributed by atoms with Gasteiger partial charge in [-0.3, -0.25) is 9.69 Å². The van der Waals surface area contributed by atoms with Crippen molar-refractivity contribution in [1.29, 1.82) is 0 Å². The molecule has 0 fully saturated rings. The molecule has 2 aromatic rings. The van der Waals surface area contributed by atoms with E-state index in [0.717, 1.165) is 18.7 Å². The summed E-state index contributed by atoms with van der Waals surface area (Å²) in [6.45, 7) is 6.59. The van der Waals surface area contributed by atoms with Gasteiger partial charge in [-0.2, -0.15) is 0 Å². The van der Waals surface area contributed by atoms with Crippen molar-refractivity contribution in [2.75, 3.05) is 20.1 Å². The molecule has 0 saturated heterocycles. The number of likely N-dealkylation sites (N-methyl/N-ethyl adjacent to an activating group) is 2. The highest BCUT2D eigenvalue weighted by Crippen LogP contribution is 2.11. The molecule has 3 nitrogen and oxygen atoms in total. The summed E-state index contributed by atoms with van der Waals surface area (Å²) >= 11 is 0. The molecule has 0 atom stereocenters. The van der Waals surface area contributed by atoms with Crippen molar-refractivity contribution in [3.63, 3.8) is 0 Å². The Morgan fingerprint density at radius 1 is 1.04 bits per heavy atom. The van der Waals surface area contributed by atoms with Crippen molar-refractivity contribution in [2.24, 2.45) is 0 Å². The van der Waals surface area contributed by atoms with Crippen LogP contribution in [0.25, 0.3) is 0 Å². The molecule has 2 aromatic carbocycles. The Morgan fingerprint density at radius 3 is 2.33 bits per heavy atom. The standard InChI is InChI=1S/C20H25FN2O/c1-4-23(14-18-8-6-5-7-16(18)2)15-20(24)22(3)13-17-9-11-19(21)12-10-17/h5-12H,4,13-15H2,1-3H3. The zero-order chi connectivity index (χ0) is 17.5. The summed E-state index contributed by atoms with van der Waals surface area (Å²) in [4.78, 5) is 16.3. The Morgan fingerprint density at radius 2 is 1.71 bits per heavy atom. The van der Waals surface area contributed by atoms with E-state index in [1.54, 1.807) is 24.1 Å². The molecule has 0 N–H and O–H groups in total. The lowest BCUT2D eigenvalue weighted by molar-refractivity contribution is -0.131. The second-order valence-electron chi connectivity index (χ2n) is 6.11. The molecule has 0 radical (unpaired) electrons. The monoisotopic (exact) mass is 328 g/mol. The van der Waals surface area contributed by atoms with Crippen molar-refractivity contribution in [1.82, 2.24) is 9.80 Å². The zero-order valence-corrected chi connectivity index (χ0v) is 14.6. The summed E-state index contributed by atoms with van der Waals surface area (Å²) in [6.07, 6.45) is 0. The van der Waals surface area contributed by atoms with E-state index >= 15 is 0 Å². The van der Waals surface area contributed by atoms with Gasteiger partial charge in [0.25, 0.3) is 0 Å². The van der Waals surface area contributed by atoms with Gasteiger partial charge in [0.1, 0.15) is 5.82 Å². The topological polar surface area (TPSA) is 23.6 Å². The molecule has 0 aliphatic carbocycles. The average molecular weight is 328 g/mol. The fourth-order valence-electron chi connectivity index (χ4n) is 2.57. The lowest BCUT2D eigenvalue weighted by Crippen LogP contribution is -2.37. The van der Waals surface area contributed by atoms with Crippen LogP contribution in [0.1, 0.15) is 23.6 Å². The van der Waals surface area contributed by atoms with E-state index in [-0.39, 0.29) is 11.7 Å². The molecular formula is C20H25FN2O. The fraction of sp³-hybridized carbons (Fsp3) is 0.350. The Labute approximate surface area is 143 Å². The van der Waals surface area contributed by atoms with Gasteiger partial charge in [0.15, 0.2) is 0 Å². The predicted octanol–water partition coefficient (Wildman–Crippen LogP) is 3.61. The smallest absolute Gasteiger partial charge is 0.236 e. The number of aryl methyl sites for hydroxylation is 1. The molecule has 0 aliphatic heterocycles. The molecule has 0 aromatic heterocycles. The van der Waals surface area contributed by atoms with Crippen LogP contribution in [-0.2, 0) is 17.9 Å². The normalized spacial score (nSPS) is 10.9. The van der Waals surface area contributed by atoms with Crippen LogP contribution in [0.5, 0.6) is 0 Å². The molecule has 0 heterocycles. The molecule has 0 unspecified atom stereocenters. The number of halogens is 1. The fourth-order valence-corrected chi connectivity index (χ4v) is 2.57. The van der Waals surface area contributed by atoms with Gasteiger partial charge in [0, 0.05) is 20.1 Å². The van der Waals surface area contributed by atoms with Crippen LogP contribution in [0.4, 0.5) is 4.39 Å². The van der Waals surface area contributed by atoms with Gasteiger partial charge in [-0.15, -0.1) is 0 Å². The first kappa shape index (κ1) is 18.1. The van der Waals surface area contributed by atoms with E-state index in [1.165, 1.54) is 23.3 Å². The second kappa shape index (κ2) is 8.60. The largest absolute Gasteiger partial charge is 0.340 e. The molecule has 0 bridgehead atoms. The minimum absolute atomic E-state index is 0.0646. The molecular weight excluding hydrogens is 303 g/mol. The Hall–Kier alpha value is -2.20. The number of carbonyl (C=O) groups excluding carboxylic acids is 1. The minimum Gasteiger partial charge on any atom is -0.340 e. The number of carbonyl (C=O) groups is 1. The van der Waals surface area contributed by atoms with E-state index in [0.29, 0.717) is 13.1 Å². The van der Waals surface area contributed by atoms with Gasteiger partial charge < -0.3 is 4.90 Å². The van der Waals surface area contributed by atoms with Gasteiger partial charge >= 0.3 is 0 Å². The SMILES string of the molecule is CCN(CC(=O)N(C)Cc1ccc(F)cc1)Cc1ccccc1C. The summed E-state index contributed by atoms with van der Waals surface area (Å²) in [5.74, 6) is -0.196. The number of rotatable bonds is 7. The Balaban J connectivity index is 1.93. The molecule has 2 rings (SSSR count).